The number of hydrogen-bond acceptors (Lipinski definition) is 0. The average Bonchev–Trinajstić information content (AvgIpc) is 1.00. The molecule has 0 aromatic rings. The Morgan fingerprint density at radius 1 is 0.800 bits per heavy atom. The SMILES string of the molecule is C.C.CC.[V]. The molecule has 0 heterocycles. The van der Waals surface area contributed by atoms with Gasteiger partial charge >= 0.3 is 0 Å². The smallest absolute Gasteiger partial charge is 0 e. The van der Waals surface area contributed by atoms with E-state index in [1.165, 1.54) is 0 Å². The molecule has 0 rings (SSSR count). The van der Waals surface area contributed by atoms with Crippen LogP contribution in [-0.4, -0.2) is 0 Å². The molecule has 0 saturated carbocycles. The van der Waals surface area contributed by atoms with Crippen molar-refractivity contribution in [2.24, 2.45) is 0 Å². The summed E-state index contributed by atoms with van der Waals surface area (Å²) in [5.41, 5.74) is 0. The molecule has 0 bridgehead atoms. The van der Waals surface area contributed by atoms with Crippen molar-refractivity contribution in [1.82, 2.24) is 0 Å². The summed E-state index contributed by atoms with van der Waals surface area (Å²) in [7, 11) is 0. The third-order valence-corrected chi connectivity index (χ3v) is 0. The molecule has 1 heteroatoms. The monoisotopic (exact) mass is 113 g/mol. The quantitative estimate of drug-likeness (QED) is 0.452. The topological polar surface area (TPSA) is 0 Å². The molecule has 1 radical (unpaired) electrons. The van der Waals surface area contributed by atoms with E-state index in [0.717, 1.165) is 0 Å². The fraction of sp³-hybridized carbons (Fsp3) is 1.00. The van der Waals surface area contributed by atoms with E-state index in [0.29, 0.717) is 0 Å². The van der Waals surface area contributed by atoms with E-state index in [-0.39, 0.29) is 33.4 Å². The van der Waals surface area contributed by atoms with Gasteiger partial charge in [0.2, 0.25) is 0 Å². The van der Waals surface area contributed by atoms with Crippen molar-refractivity contribution in [2.75, 3.05) is 0 Å². The van der Waals surface area contributed by atoms with Crippen LogP contribution in [0, 0.1) is 0 Å². The minimum atomic E-state index is 0. The maximum atomic E-state index is 2.00. The molecule has 5 heavy (non-hydrogen) atoms. The van der Waals surface area contributed by atoms with Gasteiger partial charge in [-0.25, -0.2) is 0 Å². The van der Waals surface area contributed by atoms with Crippen LogP contribution in [0.2, 0.25) is 0 Å². The van der Waals surface area contributed by atoms with Crippen LogP contribution in [0.25, 0.3) is 0 Å². The molecule has 0 saturated heterocycles. The Hall–Kier alpha value is 0.584. The second-order valence-electron chi connectivity index (χ2n) is 0. The molecule has 0 fully saturated rings. The largest absolute Gasteiger partial charge is 0.0776 e. The average molecular weight is 113 g/mol. The summed E-state index contributed by atoms with van der Waals surface area (Å²) < 4.78 is 0. The van der Waals surface area contributed by atoms with Crippen molar-refractivity contribution in [3.63, 3.8) is 0 Å². The van der Waals surface area contributed by atoms with Crippen molar-refractivity contribution >= 4 is 0 Å². The second kappa shape index (κ2) is 172. The van der Waals surface area contributed by atoms with E-state index >= 15 is 0 Å². The van der Waals surface area contributed by atoms with E-state index in [1.807, 2.05) is 13.8 Å². The van der Waals surface area contributed by atoms with Gasteiger partial charge in [-0.1, -0.05) is 28.7 Å². The van der Waals surface area contributed by atoms with Crippen LogP contribution >= 0.6 is 0 Å². The Morgan fingerprint density at radius 3 is 0.800 bits per heavy atom. The molecule has 35 valence electrons. The van der Waals surface area contributed by atoms with Gasteiger partial charge in [0, 0.05) is 18.6 Å². The van der Waals surface area contributed by atoms with Crippen LogP contribution in [0.5, 0.6) is 0 Å². The van der Waals surface area contributed by atoms with Gasteiger partial charge in [-0.3, -0.25) is 0 Å². The summed E-state index contributed by atoms with van der Waals surface area (Å²) in [5.74, 6) is 0. The van der Waals surface area contributed by atoms with Gasteiger partial charge < -0.3 is 0 Å². The molecule has 0 amide bonds. The zero-order valence-corrected chi connectivity index (χ0v) is 3.84. The summed E-state index contributed by atoms with van der Waals surface area (Å²) in [4.78, 5) is 0. The molecule has 0 aliphatic rings. The van der Waals surface area contributed by atoms with Gasteiger partial charge in [-0.05, 0) is 0 Å². The first kappa shape index (κ1) is 46.8. The molecule has 0 N–H and O–H groups in total. The zero-order chi connectivity index (χ0) is 2.00. The third-order valence-electron chi connectivity index (χ3n) is 0. The molecule has 0 spiro atoms. The van der Waals surface area contributed by atoms with E-state index in [1.54, 1.807) is 0 Å². The molecule has 0 atom stereocenters. The van der Waals surface area contributed by atoms with Gasteiger partial charge in [0.25, 0.3) is 0 Å². The summed E-state index contributed by atoms with van der Waals surface area (Å²) >= 11 is 0. The Balaban J connectivity index is -0.00000000167. The van der Waals surface area contributed by atoms with Gasteiger partial charge in [0.15, 0.2) is 0 Å². The minimum Gasteiger partial charge on any atom is -0.0776 e. The molecule has 0 aromatic carbocycles. The molecule has 0 aliphatic carbocycles. The fourth-order valence-corrected chi connectivity index (χ4v) is 0. The zero-order valence-electron chi connectivity index (χ0n) is 2.45. The van der Waals surface area contributed by atoms with E-state index in [9.17, 15) is 0 Å². The molecule has 0 aliphatic heterocycles. The van der Waals surface area contributed by atoms with Crippen LogP contribution in [0.15, 0.2) is 0 Å². The van der Waals surface area contributed by atoms with E-state index in [4.69, 9.17) is 0 Å². The molecule has 0 aromatic heterocycles. The Morgan fingerprint density at radius 2 is 0.800 bits per heavy atom. The normalized spacial score (nSPS) is 1.20. The Labute approximate surface area is 47.9 Å². The fourth-order valence-electron chi connectivity index (χ4n) is 0. The van der Waals surface area contributed by atoms with Gasteiger partial charge in [0.1, 0.15) is 0 Å². The van der Waals surface area contributed by atoms with Crippen LogP contribution in [0.1, 0.15) is 28.7 Å². The van der Waals surface area contributed by atoms with Crippen molar-refractivity contribution in [3.05, 3.63) is 0 Å². The van der Waals surface area contributed by atoms with Crippen LogP contribution < -0.4 is 0 Å². The van der Waals surface area contributed by atoms with Crippen molar-refractivity contribution < 1.29 is 18.6 Å². The van der Waals surface area contributed by atoms with Crippen LogP contribution in [0.4, 0.5) is 0 Å². The van der Waals surface area contributed by atoms with Gasteiger partial charge in [0.05, 0.1) is 0 Å². The Bertz CT molecular complexity index is 3.61. The molecule has 0 nitrogen and oxygen atoms in total. The first-order chi connectivity index (χ1) is 1.00. The second-order valence-corrected chi connectivity index (χ2v) is 0. The first-order valence-corrected chi connectivity index (χ1v) is 1.00. The van der Waals surface area contributed by atoms with Crippen LogP contribution in [0.3, 0.4) is 0 Å². The van der Waals surface area contributed by atoms with Crippen molar-refractivity contribution in [1.29, 1.82) is 0 Å². The van der Waals surface area contributed by atoms with Crippen LogP contribution in [-0.2, 0) is 18.6 Å². The number of rotatable bonds is 0. The van der Waals surface area contributed by atoms with E-state index < -0.39 is 0 Å². The Kier molecular flexibility index (Phi) is 1610. The summed E-state index contributed by atoms with van der Waals surface area (Å²) in [6.45, 7) is 4.00. The maximum Gasteiger partial charge on any atom is 0 e. The van der Waals surface area contributed by atoms with Gasteiger partial charge in [-0.2, -0.15) is 0 Å². The maximum absolute atomic E-state index is 2.00. The molecule has 0 unspecified atom stereocenters. The minimum absolute atomic E-state index is 0. The van der Waals surface area contributed by atoms with E-state index in [2.05, 4.69) is 0 Å². The standard InChI is InChI=1S/C2H6.2CH4.V/c1-2;;;/h1-2H3;2*1H4;. The summed E-state index contributed by atoms with van der Waals surface area (Å²) in [6.07, 6.45) is 0. The molecular formula is C4H14V. The summed E-state index contributed by atoms with van der Waals surface area (Å²) in [5, 5.41) is 0. The number of hydrogen-bond donors (Lipinski definition) is 0. The van der Waals surface area contributed by atoms with Crippen molar-refractivity contribution in [3.8, 4) is 0 Å². The third kappa shape index (κ3) is 89.7. The molecular weight excluding hydrogens is 99.0 g/mol. The predicted octanol–water partition coefficient (Wildman–Crippen LogP) is 2.30. The first-order valence-electron chi connectivity index (χ1n) is 1.00. The predicted molar refractivity (Wildman–Crippen MR) is 24.8 cm³/mol. The summed E-state index contributed by atoms with van der Waals surface area (Å²) in [6, 6.07) is 0. The van der Waals surface area contributed by atoms with Crippen molar-refractivity contribution in [2.45, 2.75) is 28.7 Å². The van der Waals surface area contributed by atoms with Gasteiger partial charge in [-0.15, -0.1) is 0 Å².